The first-order valence-electron chi connectivity index (χ1n) is 10.6. The monoisotopic (exact) mass is 453 g/mol. The van der Waals surface area contributed by atoms with Crippen molar-refractivity contribution in [3.8, 4) is 11.5 Å². The van der Waals surface area contributed by atoms with E-state index < -0.39 is 17.6 Å². The Morgan fingerprint density at radius 1 is 1.03 bits per heavy atom. The van der Waals surface area contributed by atoms with Crippen molar-refractivity contribution < 1.29 is 27.4 Å². The van der Waals surface area contributed by atoms with E-state index in [1.807, 2.05) is 38.1 Å². The van der Waals surface area contributed by atoms with Crippen LogP contribution in [0.15, 0.2) is 66.7 Å². The summed E-state index contributed by atoms with van der Waals surface area (Å²) in [4.78, 5) is 15.9. The van der Waals surface area contributed by atoms with Crippen LogP contribution < -0.4 is 14.4 Å². The van der Waals surface area contributed by atoms with E-state index in [-0.39, 0.29) is 24.0 Å². The van der Waals surface area contributed by atoms with E-state index in [1.54, 1.807) is 23.1 Å². The van der Waals surface area contributed by atoms with Gasteiger partial charge < -0.3 is 14.4 Å². The number of halogens is 3. The quantitative estimate of drug-likeness (QED) is 0.500. The first-order chi connectivity index (χ1) is 15.7. The van der Waals surface area contributed by atoms with Gasteiger partial charge in [0.1, 0.15) is 28.3 Å². The van der Waals surface area contributed by atoms with Crippen LogP contribution >= 0.6 is 0 Å². The van der Waals surface area contributed by atoms with Gasteiger partial charge in [-0.25, -0.2) is 4.39 Å². The molecule has 0 saturated heterocycles. The van der Waals surface area contributed by atoms with Crippen molar-refractivity contribution in [2.75, 3.05) is 4.90 Å². The van der Waals surface area contributed by atoms with Crippen molar-refractivity contribution >= 4 is 11.6 Å². The van der Waals surface area contributed by atoms with E-state index in [0.717, 1.165) is 16.8 Å². The number of fused-ring (bicyclic) bond motifs is 4. The molecular weight excluding hydrogens is 431 g/mol. The fourth-order valence-electron chi connectivity index (χ4n) is 5.07. The lowest BCUT2D eigenvalue weighted by Crippen LogP contribution is -2.50. The molecule has 0 bridgehead atoms. The fourth-order valence-corrected chi connectivity index (χ4v) is 5.07. The maximum absolute atomic E-state index is 14.2. The second-order valence-electron chi connectivity index (χ2n) is 9.02. The number of para-hydroxylation sites is 1. The van der Waals surface area contributed by atoms with Crippen molar-refractivity contribution in [3.63, 3.8) is 0 Å². The summed E-state index contributed by atoms with van der Waals surface area (Å²) in [6, 6.07) is 18.1. The number of ether oxygens (including phenoxy) is 2. The molecule has 33 heavy (non-hydrogen) atoms. The smallest absolute Gasteiger partial charge is 0.387 e. The molecule has 0 saturated carbocycles. The lowest BCUT2D eigenvalue weighted by Gasteiger charge is -2.43. The first kappa shape index (κ1) is 21.4. The summed E-state index contributed by atoms with van der Waals surface area (Å²) in [6.45, 7) is 1.06. The Labute approximate surface area is 189 Å². The summed E-state index contributed by atoms with van der Waals surface area (Å²) in [5, 5.41) is 0. The van der Waals surface area contributed by atoms with Crippen LogP contribution in [-0.4, -0.2) is 18.1 Å². The average molecular weight is 453 g/mol. The van der Waals surface area contributed by atoms with Gasteiger partial charge in [-0.05, 0) is 49.2 Å². The topological polar surface area (TPSA) is 38.8 Å². The van der Waals surface area contributed by atoms with E-state index in [2.05, 4.69) is 4.74 Å². The molecule has 2 heterocycles. The number of rotatable bonds is 4. The molecule has 3 aromatic carbocycles. The van der Waals surface area contributed by atoms with E-state index in [4.69, 9.17) is 4.74 Å². The molecule has 3 aromatic rings. The zero-order valence-corrected chi connectivity index (χ0v) is 18.1. The van der Waals surface area contributed by atoms with Gasteiger partial charge in [0.25, 0.3) is 0 Å². The molecular formula is C26H22F3NO3. The molecule has 0 radical (unpaired) electrons. The number of nitrogens with zero attached hydrogens (tertiary/aromatic N) is 1. The van der Waals surface area contributed by atoms with Crippen molar-refractivity contribution in [3.05, 3.63) is 89.2 Å². The van der Waals surface area contributed by atoms with Crippen LogP contribution in [0.4, 0.5) is 18.9 Å². The Morgan fingerprint density at radius 2 is 1.76 bits per heavy atom. The van der Waals surface area contributed by atoms with E-state index in [1.165, 1.54) is 24.3 Å². The van der Waals surface area contributed by atoms with Crippen molar-refractivity contribution in [1.29, 1.82) is 0 Å². The highest BCUT2D eigenvalue weighted by molar-refractivity contribution is 6.11. The average Bonchev–Trinajstić information content (AvgIpc) is 2.97. The fraction of sp³-hybridized carbons (Fsp3) is 0.269. The van der Waals surface area contributed by atoms with Crippen molar-refractivity contribution in [1.82, 2.24) is 0 Å². The zero-order valence-electron chi connectivity index (χ0n) is 18.1. The van der Waals surface area contributed by atoms with Crippen LogP contribution in [0.1, 0.15) is 37.0 Å². The van der Waals surface area contributed by atoms with Gasteiger partial charge in [0, 0.05) is 23.7 Å². The van der Waals surface area contributed by atoms with Gasteiger partial charge >= 0.3 is 6.61 Å². The highest BCUT2D eigenvalue weighted by Gasteiger charge is 2.58. The minimum Gasteiger partial charge on any atom is -0.487 e. The van der Waals surface area contributed by atoms with Crippen molar-refractivity contribution in [2.45, 2.75) is 44.4 Å². The second kappa shape index (κ2) is 7.54. The third-order valence-electron chi connectivity index (χ3n) is 6.23. The largest absolute Gasteiger partial charge is 0.487 e. The predicted octanol–water partition coefficient (Wildman–Crippen LogP) is 5.82. The minimum atomic E-state index is -2.96. The Hall–Kier alpha value is -3.48. The highest BCUT2D eigenvalue weighted by Crippen LogP contribution is 2.56. The van der Waals surface area contributed by atoms with Crippen LogP contribution in [0, 0.1) is 5.82 Å². The SMILES string of the molecule is CC1(C)C[C@]2(C(=O)N(Cc3ccc(F)cc3)c3ccccc32)c2ccc(OC(F)F)cc2O1. The van der Waals surface area contributed by atoms with Gasteiger partial charge in [0.05, 0.1) is 6.54 Å². The normalized spacial score (nSPS) is 20.5. The zero-order chi connectivity index (χ0) is 23.4. The molecule has 5 rings (SSSR count). The number of hydrogen-bond acceptors (Lipinski definition) is 3. The standard InChI is InChI=1S/C26H22F3NO3/c1-25(2)15-26(20-12-11-18(32-24(28)29)13-22(20)33-25)19-5-3-4-6-21(19)30(23(26)31)14-16-7-9-17(27)10-8-16/h3-13,24H,14-15H2,1-2H3/t26-/m1/s1. The maximum atomic E-state index is 14.2. The molecule has 1 atom stereocenters. The van der Waals surface area contributed by atoms with Gasteiger partial charge in [0.2, 0.25) is 5.91 Å². The molecule has 1 amide bonds. The molecule has 2 aliphatic heterocycles. The van der Waals surface area contributed by atoms with E-state index >= 15 is 0 Å². The summed E-state index contributed by atoms with van der Waals surface area (Å²) in [5.41, 5.74) is 1.22. The summed E-state index contributed by atoms with van der Waals surface area (Å²) in [6.07, 6.45) is 0.373. The van der Waals surface area contributed by atoms with Gasteiger partial charge in [-0.15, -0.1) is 0 Å². The number of alkyl halides is 2. The predicted molar refractivity (Wildman–Crippen MR) is 117 cm³/mol. The number of carbonyl (C=O) groups excluding carboxylic acids is 1. The Bertz CT molecular complexity index is 1230. The first-order valence-corrected chi connectivity index (χ1v) is 10.6. The third-order valence-corrected chi connectivity index (χ3v) is 6.23. The molecule has 0 N–H and O–H groups in total. The van der Waals surface area contributed by atoms with Gasteiger partial charge in [-0.3, -0.25) is 4.79 Å². The Kier molecular flexibility index (Phi) is 4.88. The van der Waals surface area contributed by atoms with E-state index in [9.17, 15) is 18.0 Å². The van der Waals surface area contributed by atoms with Crippen LogP contribution in [0.5, 0.6) is 11.5 Å². The molecule has 0 fully saturated rings. The summed E-state index contributed by atoms with van der Waals surface area (Å²) in [5.74, 6) is -0.159. The van der Waals surface area contributed by atoms with Gasteiger partial charge in [-0.1, -0.05) is 36.4 Å². The van der Waals surface area contributed by atoms with Gasteiger partial charge in [0.15, 0.2) is 0 Å². The molecule has 2 aliphatic rings. The Morgan fingerprint density at radius 3 is 2.48 bits per heavy atom. The lowest BCUT2D eigenvalue weighted by atomic mass is 9.67. The lowest BCUT2D eigenvalue weighted by molar-refractivity contribution is -0.124. The summed E-state index contributed by atoms with van der Waals surface area (Å²) >= 11 is 0. The molecule has 0 aliphatic carbocycles. The Balaban J connectivity index is 1.66. The second-order valence-corrected chi connectivity index (χ2v) is 9.02. The summed E-state index contributed by atoms with van der Waals surface area (Å²) < 4.78 is 49.7. The van der Waals surface area contributed by atoms with Crippen LogP contribution in [0.25, 0.3) is 0 Å². The van der Waals surface area contributed by atoms with Crippen LogP contribution in [-0.2, 0) is 16.8 Å². The molecule has 4 nitrogen and oxygen atoms in total. The third kappa shape index (κ3) is 3.52. The van der Waals surface area contributed by atoms with Crippen LogP contribution in [0.2, 0.25) is 0 Å². The minimum absolute atomic E-state index is 0.0292. The van der Waals surface area contributed by atoms with Crippen LogP contribution in [0.3, 0.4) is 0 Å². The number of amides is 1. The number of anilines is 1. The van der Waals surface area contributed by atoms with E-state index in [0.29, 0.717) is 17.7 Å². The number of carbonyl (C=O) groups is 1. The van der Waals surface area contributed by atoms with Gasteiger partial charge in [-0.2, -0.15) is 8.78 Å². The number of hydrogen-bond donors (Lipinski definition) is 0. The highest BCUT2D eigenvalue weighted by atomic mass is 19.3. The molecule has 0 aromatic heterocycles. The van der Waals surface area contributed by atoms with Crippen molar-refractivity contribution in [2.24, 2.45) is 0 Å². The molecule has 1 spiro atoms. The molecule has 7 heteroatoms. The molecule has 0 unspecified atom stereocenters. The summed E-state index contributed by atoms with van der Waals surface area (Å²) in [7, 11) is 0. The number of benzene rings is 3. The maximum Gasteiger partial charge on any atom is 0.387 e. The molecule has 170 valence electrons.